The predicted molar refractivity (Wildman–Crippen MR) is 54.8 cm³/mol. The Hall–Kier alpha value is -0.460. The largest absolute Gasteiger partial charge is 0.528 e. The number of hydrogen-bond donors (Lipinski definition) is 2. The van der Waals surface area contributed by atoms with Crippen LogP contribution in [0.25, 0.3) is 0 Å². The Morgan fingerprint density at radius 1 is 1.57 bits per heavy atom. The first-order chi connectivity index (χ1) is 6.72. The van der Waals surface area contributed by atoms with Crippen LogP contribution in [0, 0.1) is 5.92 Å². The van der Waals surface area contributed by atoms with Crippen LogP contribution in [0.1, 0.15) is 12.8 Å². The standard InChI is InChI=1S/C8H16N2O3S/c1-10-4-2-7(3-5-10)6-12-8(11)13-9-14/h7,9,14H,2-6H2,1H3. The minimum atomic E-state index is -0.723. The van der Waals surface area contributed by atoms with E-state index in [1.54, 1.807) is 0 Å². The van der Waals surface area contributed by atoms with E-state index in [4.69, 9.17) is 4.74 Å². The lowest BCUT2D eigenvalue weighted by molar-refractivity contribution is 0.0256. The van der Waals surface area contributed by atoms with Crippen LogP contribution in [0.15, 0.2) is 0 Å². The molecule has 0 bridgehead atoms. The smallest absolute Gasteiger partial charge is 0.433 e. The van der Waals surface area contributed by atoms with Crippen LogP contribution in [0.2, 0.25) is 0 Å². The van der Waals surface area contributed by atoms with Crippen LogP contribution in [0.4, 0.5) is 4.79 Å². The van der Waals surface area contributed by atoms with E-state index < -0.39 is 6.16 Å². The zero-order valence-electron chi connectivity index (χ0n) is 8.23. The molecule has 1 saturated heterocycles. The molecule has 0 unspecified atom stereocenters. The number of rotatable bonds is 3. The highest BCUT2D eigenvalue weighted by atomic mass is 32.1. The molecule has 0 atom stereocenters. The van der Waals surface area contributed by atoms with Crippen molar-refractivity contribution in [2.45, 2.75) is 12.8 Å². The van der Waals surface area contributed by atoms with Crippen LogP contribution < -0.4 is 4.89 Å². The van der Waals surface area contributed by atoms with E-state index in [0.29, 0.717) is 12.5 Å². The second-order valence-corrected chi connectivity index (χ2v) is 3.68. The van der Waals surface area contributed by atoms with Gasteiger partial charge >= 0.3 is 6.16 Å². The van der Waals surface area contributed by atoms with Crippen molar-refractivity contribution in [2.24, 2.45) is 5.92 Å². The van der Waals surface area contributed by atoms with E-state index in [2.05, 4.69) is 29.6 Å². The summed E-state index contributed by atoms with van der Waals surface area (Å²) in [4.78, 5) is 19.3. The maximum absolute atomic E-state index is 10.8. The van der Waals surface area contributed by atoms with Gasteiger partial charge in [0.15, 0.2) is 0 Å². The van der Waals surface area contributed by atoms with Gasteiger partial charge in [0, 0.05) is 0 Å². The molecule has 14 heavy (non-hydrogen) atoms. The third-order valence-electron chi connectivity index (χ3n) is 2.40. The van der Waals surface area contributed by atoms with Gasteiger partial charge in [-0.25, -0.2) is 4.79 Å². The molecule has 1 heterocycles. The number of piperidine rings is 1. The van der Waals surface area contributed by atoms with Crippen LogP contribution in [-0.4, -0.2) is 37.8 Å². The molecule has 1 aliphatic heterocycles. The number of hydrogen-bond acceptors (Lipinski definition) is 6. The molecule has 0 radical (unpaired) electrons. The summed E-state index contributed by atoms with van der Waals surface area (Å²) in [5, 5.41) is 0. The van der Waals surface area contributed by atoms with Crippen molar-refractivity contribution >= 4 is 19.0 Å². The molecule has 0 spiro atoms. The fourth-order valence-electron chi connectivity index (χ4n) is 1.48. The lowest BCUT2D eigenvalue weighted by Crippen LogP contribution is -2.32. The molecule has 1 fully saturated rings. The fourth-order valence-corrected chi connectivity index (χ4v) is 1.56. The van der Waals surface area contributed by atoms with Crippen LogP contribution in [0.5, 0.6) is 0 Å². The number of carbonyl (C=O) groups excluding carboxylic acids is 1. The van der Waals surface area contributed by atoms with E-state index in [1.165, 1.54) is 0 Å². The van der Waals surface area contributed by atoms with Crippen molar-refractivity contribution in [1.82, 2.24) is 9.79 Å². The summed E-state index contributed by atoms with van der Waals surface area (Å²) in [5.74, 6) is 0.457. The Morgan fingerprint density at radius 2 is 2.21 bits per heavy atom. The first kappa shape index (κ1) is 11.6. The Morgan fingerprint density at radius 3 is 2.79 bits per heavy atom. The highest BCUT2D eigenvalue weighted by molar-refractivity contribution is 7.77. The van der Waals surface area contributed by atoms with Crippen molar-refractivity contribution in [3.63, 3.8) is 0 Å². The first-order valence-electron chi connectivity index (χ1n) is 4.63. The Kier molecular flexibility index (Phi) is 5.06. The molecule has 5 nitrogen and oxygen atoms in total. The van der Waals surface area contributed by atoms with Gasteiger partial charge in [0.1, 0.15) is 0 Å². The molecule has 0 amide bonds. The lowest BCUT2D eigenvalue weighted by atomic mass is 9.98. The minimum Gasteiger partial charge on any atom is -0.433 e. The summed E-state index contributed by atoms with van der Waals surface area (Å²) in [5.41, 5.74) is 0. The molecule has 82 valence electrons. The van der Waals surface area contributed by atoms with Crippen molar-refractivity contribution in [1.29, 1.82) is 0 Å². The van der Waals surface area contributed by atoms with E-state index in [9.17, 15) is 4.79 Å². The van der Waals surface area contributed by atoms with Crippen LogP contribution >= 0.6 is 12.8 Å². The van der Waals surface area contributed by atoms with Crippen molar-refractivity contribution < 1.29 is 14.4 Å². The minimum absolute atomic E-state index is 0.433. The molecule has 0 saturated carbocycles. The van der Waals surface area contributed by atoms with Gasteiger partial charge < -0.3 is 14.5 Å². The van der Waals surface area contributed by atoms with E-state index >= 15 is 0 Å². The monoisotopic (exact) mass is 220 g/mol. The number of ether oxygens (including phenoxy) is 1. The molecule has 1 rings (SSSR count). The van der Waals surface area contributed by atoms with Crippen LogP contribution in [-0.2, 0) is 9.57 Å². The van der Waals surface area contributed by atoms with Gasteiger partial charge in [-0.1, -0.05) is 17.7 Å². The number of likely N-dealkylation sites (tertiary alicyclic amines) is 1. The molecule has 1 aliphatic rings. The summed E-state index contributed by atoms with van der Waals surface area (Å²) in [7, 11) is 2.09. The Balaban J connectivity index is 2.09. The van der Waals surface area contributed by atoms with Crippen LogP contribution in [0.3, 0.4) is 0 Å². The first-order valence-corrected chi connectivity index (χ1v) is 5.08. The maximum atomic E-state index is 10.8. The van der Waals surface area contributed by atoms with Gasteiger partial charge in [0.05, 0.1) is 6.61 Å². The van der Waals surface area contributed by atoms with E-state index in [-0.39, 0.29) is 0 Å². The third-order valence-corrected chi connectivity index (χ3v) is 2.50. The zero-order valence-corrected chi connectivity index (χ0v) is 9.13. The Bertz CT molecular complexity index is 183. The van der Waals surface area contributed by atoms with E-state index in [1.807, 2.05) is 4.89 Å². The average molecular weight is 220 g/mol. The highest BCUT2D eigenvalue weighted by Crippen LogP contribution is 2.16. The third kappa shape index (κ3) is 4.17. The molecular weight excluding hydrogens is 204 g/mol. The van der Waals surface area contributed by atoms with Gasteiger partial charge in [-0.15, -0.1) is 0 Å². The summed E-state index contributed by atoms with van der Waals surface area (Å²) < 4.78 is 4.87. The molecule has 0 aliphatic carbocycles. The number of carbonyl (C=O) groups is 1. The number of nitrogens with zero attached hydrogens (tertiary/aromatic N) is 1. The Labute approximate surface area is 89.2 Å². The van der Waals surface area contributed by atoms with Gasteiger partial charge in [0.2, 0.25) is 0 Å². The summed E-state index contributed by atoms with van der Waals surface area (Å²) in [6.45, 7) is 2.56. The molecule has 6 heteroatoms. The average Bonchev–Trinajstić information content (AvgIpc) is 2.17. The maximum Gasteiger partial charge on any atom is 0.528 e. The fraction of sp³-hybridized carbons (Fsp3) is 0.875. The van der Waals surface area contributed by atoms with Crippen molar-refractivity contribution in [3.05, 3.63) is 0 Å². The number of thiol groups is 1. The highest BCUT2D eigenvalue weighted by Gasteiger charge is 2.18. The molecule has 0 aromatic heterocycles. The summed E-state index contributed by atoms with van der Waals surface area (Å²) in [6.07, 6.45) is 1.41. The number of nitrogens with one attached hydrogen (secondary N) is 1. The molecular formula is C8H16N2O3S. The molecule has 0 aromatic carbocycles. The van der Waals surface area contributed by atoms with Crippen molar-refractivity contribution in [3.8, 4) is 0 Å². The van der Waals surface area contributed by atoms with Gasteiger partial charge in [0.25, 0.3) is 0 Å². The SMILES string of the molecule is CN1CCC(COC(=O)ONS)CC1. The summed E-state index contributed by atoms with van der Waals surface area (Å²) in [6, 6.07) is 0. The zero-order chi connectivity index (χ0) is 10.4. The second-order valence-electron chi connectivity index (χ2n) is 3.50. The quantitative estimate of drug-likeness (QED) is 0.419. The van der Waals surface area contributed by atoms with Gasteiger partial charge in [-0.2, -0.15) is 0 Å². The lowest BCUT2D eigenvalue weighted by Gasteiger charge is -2.28. The van der Waals surface area contributed by atoms with E-state index in [0.717, 1.165) is 25.9 Å². The van der Waals surface area contributed by atoms with Crippen molar-refractivity contribution in [2.75, 3.05) is 26.7 Å². The molecule has 0 aromatic rings. The second kappa shape index (κ2) is 6.10. The molecule has 1 N–H and O–H groups in total. The van der Waals surface area contributed by atoms with Gasteiger partial charge in [-0.05, 0) is 38.9 Å². The predicted octanol–water partition coefficient (Wildman–Crippen LogP) is 0.831. The van der Waals surface area contributed by atoms with Gasteiger partial charge in [-0.3, -0.25) is 0 Å². The summed E-state index contributed by atoms with van der Waals surface area (Å²) >= 11 is 3.51. The normalized spacial score (nSPS) is 19.3. The topological polar surface area (TPSA) is 50.8 Å².